The van der Waals surface area contributed by atoms with Crippen LogP contribution in [0.3, 0.4) is 0 Å². The van der Waals surface area contributed by atoms with Crippen LogP contribution in [0.15, 0.2) is 0 Å². The molecule has 4 heteroatoms. The SMILES string of the molecule is COCCCCNC1CNC(=O)C1. The lowest BCUT2D eigenvalue weighted by Gasteiger charge is -2.09. The van der Waals surface area contributed by atoms with Crippen LogP contribution in [0, 0.1) is 0 Å². The third-order valence-corrected chi connectivity index (χ3v) is 2.19. The van der Waals surface area contributed by atoms with Crippen molar-refractivity contribution in [1.82, 2.24) is 10.6 Å². The van der Waals surface area contributed by atoms with Crippen molar-refractivity contribution >= 4 is 5.91 Å². The summed E-state index contributed by atoms with van der Waals surface area (Å²) >= 11 is 0. The minimum atomic E-state index is 0.161. The van der Waals surface area contributed by atoms with Gasteiger partial charge in [-0.1, -0.05) is 0 Å². The fraction of sp³-hybridized carbons (Fsp3) is 0.889. The Hall–Kier alpha value is -0.610. The fourth-order valence-corrected chi connectivity index (χ4v) is 1.43. The van der Waals surface area contributed by atoms with Gasteiger partial charge in [-0.15, -0.1) is 0 Å². The van der Waals surface area contributed by atoms with Gasteiger partial charge in [0, 0.05) is 32.7 Å². The first-order valence-electron chi connectivity index (χ1n) is 4.82. The van der Waals surface area contributed by atoms with Gasteiger partial charge < -0.3 is 15.4 Å². The quantitative estimate of drug-likeness (QED) is 0.569. The number of ether oxygens (including phenoxy) is 1. The van der Waals surface area contributed by atoms with Crippen molar-refractivity contribution in [2.75, 3.05) is 26.8 Å². The average Bonchev–Trinajstić information content (AvgIpc) is 2.51. The molecular weight excluding hydrogens is 168 g/mol. The largest absolute Gasteiger partial charge is 0.385 e. The topological polar surface area (TPSA) is 50.4 Å². The third kappa shape index (κ3) is 4.24. The van der Waals surface area contributed by atoms with Gasteiger partial charge in [0.05, 0.1) is 0 Å². The molecule has 0 saturated carbocycles. The van der Waals surface area contributed by atoms with Gasteiger partial charge in [-0.25, -0.2) is 0 Å². The lowest BCUT2D eigenvalue weighted by molar-refractivity contribution is -0.119. The fourth-order valence-electron chi connectivity index (χ4n) is 1.43. The minimum absolute atomic E-state index is 0.161. The van der Waals surface area contributed by atoms with E-state index in [2.05, 4.69) is 10.6 Å². The van der Waals surface area contributed by atoms with Crippen LogP contribution < -0.4 is 10.6 Å². The summed E-state index contributed by atoms with van der Waals surface area (Å²) in [4.78, 5) is 10.8. The van der Waals surface area contributed by atoms with E-state index in [1.807, 2.05) is 0 Å². The summed E-state index contributed by atoms with van der Waals surface area (Å²) in [7, 11) is 1.72. The minimum Gasteiger partial charge on any atom is -0.385 e. The zero-order valence-electron chi connectivity index (χ0n) is 8.14. The Morgan fingerprint density at radius 1 is 1.62 bits per heavy atom. The van der Waals surface area contributed by atoms with E-state index in [4.69, 9.17) is 4.74 Å². The Labute approximate surface area is 79.0 Å². The zero-order chi connectivity index (χ0) is 9.52. The summed E-state index contributed by atoms with van der Waals surface area (Å²) in [6, 6.07) is 0.343. The van der Waals surface area contributed by atoms with E-state index in [0.717, 1.165) is 32.5 Å². The van der Waals surface area contributed by atoms with Crippen LogP contribution in [0.5, 0.6) is 0 Å². The van der Waals surface area contributed by atoms with E-state index in [9.17, 15) is 4.79 Å². The van der Waals surface area contributed by atoms with Crippen molar-refractivity contribution in [2.24, 2.45) is 0 Å². The van der Waals surface area contributed by atoms with Crippen molar-refractivity contribution in [3.8, 4) is 0 Å². The second-order valence-electron chi connectivity index (χ2n) is 3.36. The summed E-state index contributed by atoms with van der Waals surface area (Å²) in [6.45, 7) is 2.58. The van der Waals surface area contributed by atoms with E-state index in [1.165, 1.54) is 0 Å². The number of rotatable bonds is 6. The highest BCUT2D eigenvalue weighted by atomic mass is 16.5. The van der Waals surface area contributed by atoms with E-state index < -0.39 is 0 Å². The van der Waals surface area contributed by atoms with E-state index in [1.54, 1.807) is 7.11 Å². The maximum atomic E-state index is 10.8. The second kappa shape index (κ2) is 5.94. The molecule has 0 aliphatic carbocycles. The Morgan fingerprint density at radius 2 is 2.46 bits per heavy atom. The van der Waals surface area contributed by atoms with Gasteiger partial charge in [-0.05, 0) is 19.4 Å². The highest BCUT2D eigenvalue weighted by Gasteiger charge is 2.19. The average molecular weight is 186 g/mol. The Morgan fingerprint density at radius 3 is 3.08 bits per heavy atom. The van der Waals surface area contributed by atoms with E-state index in [-0.39, 0.29) is 5.91 Å². The highest BCUT2D eigenvalue weighted by molar-refractivity contribution is 5.78. The van der Waals surface area contributed by atoms with Crippen LogP contribution >= 0.6 is 0 Å². The van der Waals surface area contributed by atoms with Crippen LogP contribution in [0.4, 0.5) is 0 Å². The molecule has 1 aliphatic rings. The van der Waals surface area contributed by atoms with Crippen LogP contribution in [0.1, 0.15) is 19.3 Å². The van der Waals surface area contributed by atoms with Crippen LogP contribution in [0.2, 0.25) is 0 Å². The van der Waals surface area contributed by atoms with E-state index in [0.29, 0.717) is 12.5 Å². The molecule has 1 atom stereocenters. The number of carbonyl (C=O) groups is 1. The molecule has 0 aromatic rings. The van der Waals surface area contributed by atoms with Gasteiger partial charge in [-0.2, -0.15) is 0 Å². The van der Waals surface area contributed by atoms with Crippen molar-refractivity contribution in [3.05, 3.63) is 0 Å². The van der Waals surface area contributed by atoms with Crippen molar-refractivity contribution in [3.63, 3.8) is 0 Å². The number of hydrogen-bond donors (Lipinski definition) is 2. The van der Waals surface area contributed by atoms with Gasteiger partial charge in [-0.3, -0.25) is 4.79 Å². The number of hydrogen-bond acceptors (Lipinski definition) is 3. The van der Waals surface area contributed by atoms with Gasteiger partial charge in [0.2, 0.25) is 5.91 Å². The molecule has 0 radical (unpaired) electrons. The Bertz CT molecular complexity index is 162. The molecule has 4 nitrogen and oxygen atoms in total. The highest BCUT2D eigenvalue weighted by Crippen LogP contribution is 1.99. The summed E-state index contributed by atoms with van der Waals surface area (Å²) in [5, 5.41) is 6.13. The molecule has 0 spiro atoms. The summed E-state index contributed by atoms with van der Waals surface area (Å²) < 4.78 is 4.94. The Kier molecular flexibility index (Phi) is 4.78. The monoisotopic (exact) mass is 186 g/mol. The first-order valence-corrected chi connectivity index (χ1v) is 4.82. The molecule has 0 bridgehead atoms. The summed E-state index contributed by atoms with van der Waals surface area (Å²) in [5.74, 6) is 0.161. The number of methoxy groups -OCH3 is 1. The molecule has 0 aromatic carbocycles. The predicted molar refractivity (Wildman–Crippen MR) is 50.5 cm³/mol. The smallest absolute Gasteiger partial charge is 0.221 e. The third-order valence-electron chi connectivity index (χ3n) is 2.19. The van der Waals surface area contributed by atoms with Gasteiger partial charge >= 0.3 is 0 Å². The van der Waals surface area contributed by atoms with Crippen LogP contribution in [-0.4, -0.2) is 38.8 Å². The second-order valence-corrected chi connectivity index (χ2v) is 3.36. The van der Waals surface area contributed by atoms with Gasteiger partial charge in [0.25, 0.3) is 0 Å². The molecule has 1 unspecified atom stereocenters. The lowest BCUT2D eigenvalue weighted by Crippen LogP contribution is -2.31. The van der Waals surface area contributed by atoms with E-state index >= 15 is 0 Å². The number of nitrogens with one attached hydrogen (secondary N) is 2. The standard InChI is InChI=1S/C9H18N2O2/c1-13-5-3-2-4-10-8-6-9(12)11-7-8/h8,10H,2-7H2,1H3,(H,11,12). The number of unbranched alkanes of at least 4 members (excludes halogenated alkanes) is 1. The van der Waals surface area contributed by atoms with Crippen LogP contribution in [0.25, 0.3) is 0 Å². The molecule has 1 amide bonds. The van der Waals surface area contributed by atoms with Gasteiger partial charge in [0.15, 0.2) is 0 Å². The summed E-state index contributed by atoms with van der Waals surface area (Å²) in [6.07, 6.45) is 2.82. The maximum Gasteiger partial charge on any atom is 0.221 e. The number of amides is 1. The molecule has 13 heavy (non-hydrogen) atoms. The molecule has 1 heterocycles. The van der Waals surface area contributed by atoms with Crippen LogP contribution in [-0.2, 0) is 9.53 Å². The number of carbonyl (C=O) groups excluding carboxylic acids is 1. The van der Waals surface area contributed by atoms with Crippen molar-refractivity contribution in [1.29, 1.82) is 0 Å². The molecule has 1 rings (SSSR count). The van der Waals surface area contributed by atoms with Gasteiger partial charge in [0.1, 0.15) is 0 Å². The molecule has 2 N–H and O–H groups in total. The first kappa shape index (κ1) is 10.5. The Balaban J connectivity index is 1.91. The predicted octanol–water partition coefficient (Wildman–Crippen LogP) is -0.109. The van der Waals surface area contributed by atoms with Crippen molar-refractivity contribution in [2.45, 2.75) is 25.3 Å². The maximum absolute atomic E-state index is 10.8. The molecule has 1 fully saturated rings. The first-order chi connectivity index (χ1) is 6.33. The zero-order valence-corrected chi connectivity index (χ0v) is 8.14. The van der Waals surface area contributed by atoms with Crippen molar-refractivity contribution < 1.29 is 9.53 Å². The lowest BCUT2D eigenvalue weighted by atomic mass is 10.2. The normalized spacial score (nSPS) is 21.9. The molecule has 0 aromatic heterocycles. The summed E-state index contributed by atoms with van der Waals surface area (Å²) in [5.41, 5.74) is 0. The molecular formula is C9H18N2O2. The molecule has 76 valence electrons. The molecule has 1 aliphatic heterocycles. The molecule has 1 saturated heterocycles.